The van der Waals surface area contributed by atoms with Gasteiger partial charge in [0.1, 0.15) is 17.5 Å². The Balaban J connectivity index is 1.79. The molecular weight excluding hydrogens is 376 g/mol. The van der Waals surface area contributed by atoms with Crippen LogP contribution < -0.4 is 10.8 Å². The van der Waals surface area contributed by atoms with Crippen LogP contribution in [0.25, 0.3) is 17.5 Å². The number of phenols is 1. The molecule has 1 N–H and O–H groups in total. The van der Waals surface area contributed by atoms with Gasteiger partial charge in [0.25, 0.3) is 0 Å². The number of fused-ring (bicyclic) bond motifs is 1. The molecule has 1 fully saturated rings. The van der Waals surface area contributed by atoms with Crippen molar-refractivity contribution in [3.05, 3.63) is 40.3 Å². The zero-order valence-electron chi connectivity index (χ0n) is 15.5. The largest absolute Gasteiger partial charge is 0.507 e. The number of aromatic nitrogens is 2. The third kappa shape index (κ3) is 2.76. The fourth-order valence-electron chi connectivity index (χ4n) is 3.94. The average molecular weight is 395 g/mol. The van der Waals surface area contributed by atoms with E-state index < -0.39 is 29.2 Å². The highest BCUT2D eigenvalue weighted by Gasteiger charge is 2.56. The summed E-state index contributed by atoms with van der Waals surface area (Å²) in [7, 11) is 1.84. The first-order valence-corrected chi connectivity index (χ1v) is 8.80. The summed E-state index contributed by atoms with van der Waals surface area (Å²) < 4.78 is 52.4. The molecule has 2 aliphatic rings. The predicted octanol–water partition coefficient (Wildman–Crippen LogP) is 2.80. The standard InChI is InChI=1S/C19H18F4N4O/c1-10-4-11(19(21,22)23)5-15(28)16(10)13-8-24-14-9-27(3,26-17(14)25-13)18(2)6-12(20)7-18/h4-5,8-9,12H,6-7H2,1-3H3/p+1. The Bertz CT molecular complexity index is 1070. The Morgan fingerprint density at radius 3 is 2.50 bits per heavy atom. The molecule has 1 aromatic heterocycles. The molecule has 1 aromatic carbocycles. The van der Waals surface area contributed by atoms with E-state index in [9.17, 15) is 22.7 Å². The summed E-state index contributed by atoms with van der Waals surface area (Å²) in [6.07, 6.45) is -1.45. The smallest absolute Gasteiger partial charge is 0.416 e. The van der Waals surface area contributed by atoms with Gasteiger partial charge >= 0.3 is 6.18 Å². The summed E-state index contributed by atoms with van der Waals surface area (Å²) in [6, 6.07) is 1.64. The molecule has 5 nitrogen and oxygen atoms in total. The van der Waals surface area contributed by atoms with E-state index in [2.05, 4.69) is 15.1 Å². The Morgan fingerprint density at radius 1 is 1.25 bits per heavy atom. The topological polar surface area (TPSA) is 58.4 Å². The highest BCUT2D eigenvalue weighted by Crippen LogP contribution is 2.44. The van der Waals surface area contributed by atoms with Crippen LogP contribution in [0.3, 0.4) is 0 Å². The van der Waals surface area contributed by atoms with Crippen LogP contribution in [0.4, 0.5) is 17.6 Å². The van der Waals surface area contributed by atoms with E-state index in [0.717, 1.165) is 6.07 Å². The van der Waals surface area contributed by atoms with Crippen molar-refractivity contribution in [3.8, 4) is 17.0 Å². The summed E-state index contributed by atoms with van der Waals surface area (Å²) >= 11 is 0. The summed E-state index contributed by atoms with van der Waals surface area (Å²) in [5.41, 5.74) is -0.363. The second kappa shape index (κ2) is 5.73. The maximum Gasteiger partial charge on any atom is 0.416 e. The van der Waals surface area contributed by atoms with Crippen molar-refractivity contribution in [2.75, 3.05) is 7.05 Å². The van der Waals surface area contributed by atoms with Crippen LogP contribution in [-0.2, 0) is 6.18 Å². The number of hydrogen-bond donors (Lipinski definition) is 1. The van der Waals surface area contributed by atoms with Gasteiger partial charge in [-0.1, -0.05) is 5.10 Å². The van der Waals surface area contributed by atoms with Gasteiger partial charge in [-0.3, -0.25) is 0 Å². The first-order chi connectivity index (χ1) is 12.9. The minimum absolute atomic E-state index is 0.115. The Morgan fingerprint density at radius 2 is 1.93 bits per heavy atom. The van der Waals surface area contributed by atoms with Gasteiger partial charge in [-0.25, -0.2) is 14.4 Å². The van der Waals surface area contributed by atoms with Gasteiger partial charge in [0.2, 0.25) is 5.49 Å². The molecular formula is C19H19F4N4O+. The molecule has 0 saturated heterocycles. The van der Waals surface area contributed by atoms with E-state index in [0.29, 0.717) is 29.7 Å². The zero-order valence-corrected chi connectivity index (χ0v) is 15.5. The van der Waals surface area contributed by atoms with E-state index in [1.807, 2.05) is 14.0 Å². The fraction of sp³-hybridized carbons (Fsp3) is 0.421. The number of aryl methyl sites for hydroxylation is 1. The third-order valence-corrected chi connectivity index (χ3v) is 5.77. The van der Waals surface area contributed by atoms with E-state index in [1.54, 1.807) is 6.20 Å². The van der Waals surface area contributed by atoms with Gasteiger partial charge < -0.3 is 5.11 Å². The third-order valence-electron chi connectivity index (χ3n) is 5.77. The minimum atomic E-state index is -4.56. The molecule has 1 aliphatic carbocycles. The lowest BCUT2D eigenvalue weighted by molar-refractivity contribution is -0.901. The molecule has 28 heavy (non-hydrogen) atoms. The molecule has 2 aromatic rings. The summed E-state index contributed by atoms with van der Waals surface area (Å²) in [5, 5.41) is 15.3. The van der Waals surface area contributed by atoms with Crippen LogP contribution in [0.1, 0.15) is 30.9 Å². The highest BCUT2D eigenvalue weighted by atomic mass is 19.4. The maximum atomic E-state index is 13.5. The minimum Gasteiger partial charge on any atom is -0.507 e. The second-order valence-corrected chi connectivity index (χ2v) is 7.91. The van der Waals surface area contributed by atoms with Gasteiger partial charge in [0.05, 0.1) is 24.5 Å². The second-order valence-electron chi connectivity index (χ2n) is 7.91. The lowest BCUT2D eigenvalue weighted by atomic mass is 9.75. The number of halogens is 4. The van der Waals surface area contributed by atoms with Gasteiger partial charge in [0, 0.05) is 18.4 Å². The fourth-order valence-corrected chi connectivity index (χ4v) is 3.94. The quantitative estimate of drug-likeness (QED) is 0.629. The van der Waals surface area contributed by atoms with Crippen LogP contribution in [0.5, 0.6) is 5.75 Å². The lowest BCUT2D eigenvalue weighted by Crippen LogP contribution is -2.61. The van der Waals surface area contributed by atoms with Crippen molar-refractivity contribution >= 4 is 6.20 Å². The van der Waals surface area contributed by atoms with Crippen LogP contribution >= 0.6 is 0 Å². The predicted molar refractivity (Wildman–Crippen MR) is 92.8 cm³/mol. The van der Waals surface area contributed by atoms with Crippen molar-refractivity contribution in [1.29, 1.82) is 0 Å². The molecule has 9 heteroatoms. The van der Waals surface area contributed by atoms with Crippen molar-refractivity contribution in [2.24, 2.45) is 5.10 Å². The number of rotatable bonds is 2. The first-order valence-electron chi connectivity index (χ1n) is 8.80. The monoisotopic (exact) mass is 395 g/mol. The Kier molecular flexibility index (Phi) is 3.85. The van der Waals surface area contributed by atoms with Crippen molar-refractivity contribution in [1.82, 2.24) is 9.97 Å². The van der Waals surface area contributed by atoms with Crippen molar-refractivity contribution in [2.45, 2.75) is 44.6 Å². The molecule has 148 valence electrons. The van der Waals surface area contributed by atoms with E-state index in [1.165, 1.54) is 13.1 Å². The molecule has 4 rings (SSSR count). The van der Waals surface area contributed by atoms with Crippen LogP contribution in [0, 0.1) is 6.92 Å². The van der Waals surface area contributed by atoms with Crippen LogP contribution in [0.15, 0.2) is 23.4 Å². The number of nitrogens with zero attached hydrogens (tertiary/aromatic N) is 4. The number of quaternary nitrogens is 1. The number of phenolic OH excluding ortho intramolecular Hbond substituents is 1. The molecule has 2 heterocycles. The Labute approximate surface area is 158 Å². The molecule has 1 unspecified atom stereocenters. The summed E-state index contributed by atoms with van der Waals surface area (Å²) in [4.78, 5) is 8.73. The zero-order chi connectivity index (χ0) is 20.5. The van der Waals surface area contributed by atoms with Crippen LogP contribution in [-0.4, -0.2) is 38.4 Å². The van der Waals surface area contributed by atoms with Gasteiger partial charge in [-0.05, 0) is 31.5 Å². The molecule has 0 spiro atoms. The molecule has 1 atom stereocenters. The van der Waals surface area contributed by atoms with Crippen LogP contribution in [0.2, 0.25) is 0 Å². The molecule has 1 saturated carbocycles. The average Bonchev–Trinajstić information content (AvgIpc) is 2.89. The van der Waals surface area contributed by atoms with E-state index >= 15 is 0 Å². The summed E-state index contributed by atoms with van der Waals surface area (Å²) in [6.45, 7) is 3.42. The van der Waals surface area contributed by atoms with Gasteiger partial charge in [-0.15, -0.1) is 0 Å². The SMILES string of the molecule is Cc1cc(C(F)(F)F)cc(O)c1-c1cnc2c(n1)=N[N+](C)(C1(C)CC(F)C1)C=2. The molecule has 0 bridgehead atoms. The number of benzene rings is 1. The van der Waals surface area contributed by atoms with Crippen molar-refractivity contribution in [3.63, 3.8) is 0 Å². The Hall–Kier alpha value is -2.55. The van der Waals surface area contributed by atoms with Crippen molar-refractivity contribution < 1.29 is 27.3 Å². The number of alkyl halides is 4. The number of aromatic hydroxyl groups is 1. The maximum absolute atomic E-state index is 13.5. The van der Waals surface area contributed by atoms with Gasteiger partial charge in [0.15, 0.2) is 11.5 Å². The number of hydrogen-bond acceptors (Lipinski definition) is 4. The lowest BCUT2D eigenvalue weighted by Gasteiger charge is -2.47. The van der Waals surface area contributed by atoms with E-state index in [4.69, 9.17) is 0 Å². The normalized spacial score (nSPS) is 28.9. The van der Waals surface area contributed by atoms with Gasteiger partial charge in [-0.2, -0.15) is 17.8 Å². The van der Waals surface area contributed by atoms with E-state index in [-0.39, 0.29) is 21.4 Å². The highest BCUT2D eigenvalue weighted by molar-refractivity contribution is 5.70. The molecule has 0 radical (unpaired) electrons. The molecule has 0 amide bonds. The molecule has 1 aliphatic heterocycles. The summed E-state index contributed by atoms with van der Waals surface area (Å²) in [5.74, 6) is -0.521. The first kappa shape index (κ1) is 18.8.